The second-order valence-electron chi connectivity index (χ2n) is 4.79. The SMILES string of the molecule is Cn1cccc1CN(C(=O)c1ccsc1)C1CC1. The van der Waals surface area contributed by atoms with Crippen LogP contribution in [0.4, 0.5) is 0 Å². The summed E-state index contributed by atoms with van der Waals surface area (Å²) in [5, 5.41) is 3.89. The summed E-state index contributed by atoms with van der Waals surface area (Å²) in [6.07, 6.45) is 4.30. The monoisotopic (exact) mass is 260 g/mol. The van der Waals surface area contributed by atoms with Gasteiger partial charge in [0.05, 0.1) is 12.1 Å². The molecule has 2 aromatic heterocycles. The molecule has 0 aliphatic heterocycles. The summed E-state index contributed by atoms with van der Waals surface area (Å²) in [6.45, 7) is 0.711. The fraction of sp³-hybridized carbons (Fsp3) is 0.357. The highest BCUT2D eigenvalue weighted by Crippen LogP contribution is 2.30. The smallest absolute Gasteiger partial charge is 0.255 e. The molecule has 0 atom stereocenters. The average molecular weight is 260 g/mol. The van der Waals surface area contributed by atoms with Crippen molar-refractivity contribution in [2.24, 2.45) is 7.05 Å². The molecule has 3 nitrogen and oxygen atoms in total. The van der Waals surface area contributed by atoms with E-state index < -0.39 is 0 Å². The number of hydrogen-bond donors (Lipinski definition) is 0. The maximum atomic E-state index is 12.4. The van der Waals surface area contributed by atoms with E-state index in [0.717, 1.165) is 18.4 Å². The minimum atomic E-state index is 0.167. The molecule has 4 heteroatoms. The van der Waals surface area contributed by atoms with E-state index in [-0.39, 0.29) is 5.91 Å². The van der Waals surface area contributed by atoms with E-state index in [4.69, 9.17) is 0 Å². The van der Waals surface area contributed by atoms with E-state index >= 15 is 0 Å². The molecule has 0 N–H and O–H groups in total. The number of rotatable bonds is 4. The van der Waals surface area contributed by atoms with Gasteiger partial charge in [0.15, 0.2) is 0 Å². The van der Waals surface area contributed by atoms with E-state index in [0.29, 0.717) is 12.6 Å². The molecule has 0 radical (unpaired) electrons. The Kier molecular flexibility index (Phi) is 2.96. The molecule has 1 amide bonds. The predicted molar refractivity (Wildman–Crippen MR) is 72.6 cm³/mol. The largest absolute Gasteiger partial charge is 0.353 e. The molecule has 2 aromatic rings. The zero-order valence-electron chi connectivity index (χ0n) is 10.4. The molecular formula is C14H16N2OS. The molecule has 94 valence electrons. The van der Waals surface area contributed by atoms with Crippen molar-refractivity contribution < 1.29 is 4.79 Å². The molecule has 18 heavy (non-hydrogen) atoms. The zero-order chi connectivity index (χ0) is 12.5. The van der Waals surface area contributed by atoms with Crippen molar-refractivity contribution in [1.29, 1.82) is 0 Å². The molecule has 0 saturated heterocycles. The number of hydrogen-bond acceptors (Lipinski definition) is 2. The first-order valence-electron chi connectivity index (χ1n) is 6.19. The summed E-state index contributed by atoms with van der Waals surface area (Å²) in [7, 11) is 2.02. The molecular weight excluding hydrogens is 244 g/mol. The fourth-order valence-electron chi connectivity index (χ4n) is 2.14. The van der Waals surface area contributed by atoms with Crippen LogP contribution in [0.5, 0.6) is 0 Å². The Balaban J connectivity index is 1.81. The van der Waals surface area contributed by atoms with Gasteiger partial charge in [-0.25, -0.2) is 0 Å². The van der Waals surface area contributed by atoms with Gasteiger partial charge in [-0.3, -0.25) is 4.79 Å². The van der Waals surface area contributed by atoms with Gasteiger partial charge in [-0.05, 0) is 36.4 Å². The Hall–Kier alpha value is -1.55. The maximum Gasteiger partial charge on any atom is 0.255 e. The zero-order valence-corrected chi connectivity index (χ0v) is 11.2. The Morgan fingerprint density at radius 3 is 2.89 bits per heavy atom. The van der Waals surface area contributed by atoms with Crippen LogP contribution in [0.2, 0.25) is 0 Å². The predicted octanol–water partition coefficient (Wildman–Crippen LogP) is 2.89. The highest BCUT2D eigenvalue weighted by molar-refractivity contribution is 7.08. The van der Waals surface area contributed by atoms with E-state index in [2.05, 4.69) is 10.6 Å². The average Bonchev–Trinajstić information content (AvgIpc) is 2.90. The Morgan fingerprint density at radius 1 is 1.50 bits per heavy atom. The van der Waals surface area contributed by atoms with Crippen LogP contribution in [-0.4, -0.2) is 21.4 Å². The summed E-state index contributed by atoms with van der Waals surface area (Å²) in [4.78, 5) is 14.5. The molecule has 0 unspecified atom stereocenters. The summed E-state index contributed by atoms with van der Waals surface area (Å²) in [5.74, 6) is 0.167. The number of aryl methyl sites for hydroxylation is 1. The van der Waals surface area contributed by atoms with Crippen molar-refractivity contribution in [3.63, 3.8) is 0 Å². The van der Waals surface area contributed by atoms with E-state index in [1.807, 2.05) is 41.0 Å². The van der Waals surface area contributed by atoms with Gasteiger partial charge >= 0.3 is 0 Å². The van der Waals surface area contributed by atoms with E-state index in [1.54, 1.807) is 11.3 Å². The van der Waals surface area contributed by atoms with Crippen molar-refractivity contribution in [2.45, 2.75) is 25.4 Å². The lowest BCUT2D eigenvalue weighted by molar-refractivity contribution is 0.0727. The Morgan fingerprint density at radius 2 is 2.33 bits per heavy atom. The lowest BCUT2D eigenvalue weighted by atomic mass is 10.2. The number of carbonyl (C=O) groups is 1. The lowest BCUT2D eigenvalue weighted by Gasteiger charge is -2.22. The number of carbonyl (C=O) groups excluding carboxylic acids is 1. The van der Waals surface area contributed by atoms with Crippen LogP contribution < -0.4 is 0 Å². The summed E-state index contributed by atoms with van der Waals surface area (Å²) >= 11 is 1.58. The normalized spacial score (nSPS) is 14.7. The van der Waals surface area contributed by atoms with Crippen LogP contribution in [0.1, 0.15) is 28.9 Å². The van der Waals surface area contributed by atoms with E-state index in [9.17, 15) is 4.79 Å². The van der Waals surface area contributed by atoms with Crippen LogP contribution in [0.25, 0.3) is 0 Å². The lowest BCUT2D eigenvalue weighted by Crippen LogP contribution is -2.32. The number of thiophene rings is 1. The molecule has 0 spiro atoms. The number of aromatic nitrogens is 1. The van der Waals surface area contributed by atoms with Crippen molar-refractivity contribution >= 4 is 17.2 Å². The van der Waals surface area contributed by atoms with Crippen molar-refractivity contribution in [1.82, 2.24) is 9.47 Å². The first-order chi connectivity index (χ1) is 8.75. The fourth-order valence-corrected chi connectivity index (χ4v) is 2.77. The molecule has 2 heterocycles. The van der Waals surface area contributed by atoms with Gasteiger partial charge in [0.2, 0.25) is 0 Å². The van der Waals surface area contributed by atoms with Crippen molar-refractivity contribution in [3.8, 4) is 0 Å². The first kappa shape index (κ1) is 11.5. The molecule has 1 saturated carbocycles. The van der Waals surface area contributed by atoms with Crippen LogP contribution in [0.15, 0.2) is 35.2 Å². The van der Waals surface area contributed by atoms with Crippen LogP contribution in [0.3, 0.4) is 0 Å². The van der Waals surface area contributed by atoms with Gasteiger partial charge in [-0.2, -0.15) is 11.3 Å². The van der Waals surface area contributed by atoms with Crippen molar-refractivity contribution in [2.75, 3.05) is 0 Å². The number of nitrogens with zero attached hydrogens (tertiary/aromatic N) is 2. The Bertz CT molecular complexity index is 540. The van der Waals surface area contributed by atoms with Gasteiger partial charge in [0.25, 0.3) is 5.91 Å². The summed E-state index contributed by atoms with van der Waals surface area (Å²) in [5.41, 5.74) is 2.01. The third-order valence-electron chi connectivity index (χ3n) is 3.40. The maximum absolute atomic E-state index is 12.4. The molecule has 3 rings (SSSR count). The van der Waals surface area contributed by atoms with Crippen LogP contribution in [-0.2, 0) is 13.6 Å². The minimum Gasteiger partial charge on any atom is -0.353 e. The highest BCUT2D eigenvalue weighted by Gasteiger charge is 2.33. The van der Waals surface area contributed by atoms with Gasteiger partial charge in [0, 0.05) is 30.4 Å². The topological polar surface area (TPSA) is 25.2 Å². The third kappa shape index (κ3) is 2.20. The molecule has 0 bridgehead atoms. The number of amides is 1. The second-order valence-corrected chi connectivity index (χ2v) is 5.57. The van der Waals surface area contributed by atoms with Gasteiger partial charge in [-0.15, -0.1) is 0 Å². The minimum absolute atomic E-state index is 0.167. The first-order valence-corrected chi connectivity index (χ1v) is 7.13. The summed E-state index contributed by atoms with van der Waals surface area (Å²) < 4.78 is 2.08. The quantitative estimate of drug-likeness (QED) is 0.830. The highest BCUT2D eigenvalue weighted by atomic mass is 32.1. The van der Waals surface area contributed by atoms with Gasteiger partial charge < -0.3 is 9.47 Å². The van der Waals surface area contributed by atoms with Crippen LogP contribution >= 0.6 is 11.3 Å². The molecule has 1 aliphatic rings. The standard InChI is InChI=1S/C14H16N2OS/c1-15-7-2-3-13(15)9-16(12-4-5-12)14(17)11-6-8-18-10-11/h2-3,6-8,10,12H,4-5,9H2,1H3. The Labute approximate surface area is 111 Å². The van der Waals surface area contributed by atoms with Gasteiger partial charge in [-0.1, -0.05) is 0 Å². The molecule has 0 aromatic carbocycles. The third-order valence-corrected chi connectivity index (χ3v) is 4.08. The van der Waals surface area contributed by atoms with E-state index in [1.165, 1.54) is 5.69 Å². The van der Waals surface area contributed by atoms with Gasteiger partial charge in [0.1, 0.15) is 0 Å². The second kappa shape index (κ2) is 4.61. The molecule has 1 aliphatic carbocycles. The molecule has 1 fully saturated rings. The van der Waals surface area contributed by atoms with Crippen LogP contribution in [0, 0.1) is 0 Å². The summed E-state index contributed by atoms with van der Waals surface area (Å²) in [6, 6.07) is 6.45. The van der Waals surface area contributed by atoms with Crippen molar-refractivity contribution in [3.05, 3.63) is 46.4 Å².